The minimum absolute atomic E-state index is 0.0119. The van der Waals surface area contributed by atoms with E-state index in [0.717, 1.165) is 44.9 Å². The van der Waals surface area contributed by atoms with Crippen molar-refractivity contribution in [1.82, 2.24) is 0 Å². The molecule has 4 saturated carbocycles. The van der Waals surface area contributed by atoms with E-state index in [1.807, 2.05) is 0 Å². The van der Waals surface area contributed by atoms with Gasteiger partial charge in [0, 0.05) is 5.92 Å². The molecular formula is C21H35O5S2+. The van der Waals surface area contributed by atoms with Crippen molar-refractivity contribution in [3.05, 3.63) is 0 Å². The average molecular weight is 432 g/mol. The van der Waals surface area contributed by atoms with Gasteiger partial charge in [-0.15, -0.1) is 0 Å². The number of ketones is 1. The minimum atomic E-state index is -3.92. The summed E-state index contributed by atoms with van der Waals surface area (Å²) in [4.78, 5) is 12.8. The number of aliphatic hydroxyl groups is 1. The fourth-order valence-electron chi connectivity index (χ4n) is 8.00. The molecule has 0 aromatic carbocycles. The number of aliphatic hydroxyl groups excluding tert-OH is 1. The van der Waals surface area contributed by atoms with Crippen LogP contribution >= 0.6 is 0 Å². The Morgan fingerprint density at radius 1 is 1.00 bits per heavy atom. The van der Waals surface area contributed by atoms with Crippen LogP contribution in [0.5, 0.6) is 0 Å². The normalized spacial score (nSPS) is 48.3. The summed E-state index contributed by atoms with van der Waals surface area (Å²) in [6, 6.07) is 0. The molecule has 4 fully saturated rings. The number of Topliss-reactive ketones (excluding diaryl/α,β-unsaturated/α-hetero) is 1. The van der Waals surface area contributed by atoms with E-state index in [2.05, 4.69) is 13.8 Å². The van der Waals surface area contributed by atoms with Gasteiger partial charge in [0.15, 0.2) is 5.78 Å². The van der Waals surface area contributed by atoms with Crippen LogP contribution in [0.3, 0.4) is 0 Å². The first-order chi connectivity index (χ1) is 13.0. The van der Waals surface area contributed by atoms with E-state index >= 15 is 0 Å². The van der Waals surface area contributed by atoms with E-state index in [9.17, 15) is 14.1 Å². The molecule has 4 aliphatic rings. The monoisotopic (exact) mass is 431 g/mol. The zero-order valence-corrected chi connectivity index (χ0v) is 18.6. The number of hydrogen-bond donors (Lipinski definition) is 3. The van der Waals surface area contributed by atoms with Crippen LogP contribution in [0.25, 0.3) is 0 Å². The average Bonchev–Trinajstić information content (AvgIpc) is 2.97. The van der Waals surface area contributed by atoms with E-state index in [4.69, 9.17) is 9.11 Å². The van der Waals surface area contributed by atoms with E-state index in [-0.39, 0.29) is 29.0 Å². The second-order valence-corrected chi connectivity index (χ2v) is 13.9. The van der Waals surface area contributed by atoms with Gasteiger partial charge in [0.25, 0.3) is 0 Å². The Balaban J connectivity index is 1.54. The first-order valence-electron chi connectivity index (χ1n) is 10.9. The molecule has 5 nitrogen and oxygen atoms in total. The van der Waals surface area contributed by atoms with Gasteiger partial charge >= 0.3 is 19.4 Å². The van der Waals surface area contributed by atoms with Gasteiger partial charge in [-0.1, -0.05) is 13.8 Å². The molecule has 0 aromatic rings. The van der Waals surface area contributed by atoms with Crippen molar-refractivity contribution in [2.24, 2.45) is 40.4 Å². The Bertz CT molecular complexity index is 752. The molecule has 0 heterocycles. The van der Waals surface area contributed by atoms with Crippen LogP contribution in [0.2, 0.25) is 0 Å². The maximum absolute atomic E-state index is 12.8. The van der Waals surface area contributed by atoms with Crippen molar-refractivity contribution < 1.29 is 23.2 Å². The van der Waals surface area contributed by atoms with Crippen LogP contribution in [0.15, 0.2) is 0 Å². The highest BCUT2D eigenvalue weighted by atomic mass is 32.9. The molecule has 0 spiro atoms. The maximum Gasteiger partial charge on any atom is 0.430 e. The molecule has 0 amide bonds. The van der Waals surface area contributed by atoms with E-state index in [1.54, 1.807) is 0 Å². The van der Waals surface area contributed by atoms with Crippen LogP contribution < -0.4 is 0 Å². The van der Waals surface area contributed by atoms with E-state index < -0.39 is 9.05 Å². The van der Waals surface area contributed by atoms with Gasteiger partial charge in [-0.3, -0.25) is 13.9 Å². The number of carbonyl (C=O) groups excluding carboxylic acids is 1. The van der Waals surface area contributed by atoms with Crippen molar-refractivity contribution in [1.29, 1.82) is 0 Å². The molecule has 7 heteroatoms. The molecule has 0 radical (unpaired) electrons. The Hall–Kier alpha value is -0.0800. The summed E-state index contributed by atoms with van der Waals surface area (Å²) in [7, 11) is -3.45. The second kappa shape index (κ2) is 7.26. The zero-order chi connectivity index (χ0) is 20.3. The SMILES string of the molecule is C[C@]12CC[C@@H](O)C[C@H]1CC[C@@H]1[C@@H]2CC[C@]2(C)[C@@H](C(=O)C[S+]=S(=O)(O)O)CC[C@@H]12. The zero-order valence-electron chi connectivity index (χ0n) is 17.0. The van der Waals surface area contributed by atoms with Gasteiger partial charge in [-0.2, -0.15) is 4.21 Å². The summed E-state index contributed by atoms with van der Waals surface area (Å²) in [6.45, 7) is 4.75. The molecule has 3 N–H and O–H groups in total. The fourth-order valence-corrected chi connectivity index (χ4v) is 9.28. The molecule has 4 rings (SSSR count). The third-order valence-corrected chi connectivity index (χ3v) is 11.4. The predicted octanol–water partition coefficient (Wildman–Crippen LogP) is 3.80. The standard InChI is InChI=1S/C21H34O5S2/c1-20-9-7-14(22)11-13(20)3-4-15-16-5-6-18(19(23)12-27-28(24,25)26)21(16,2)10-8-17(15)20/h13-18,22H,3-12H2,1-2H3,(H-,24,25,26)/p+1/t13-,14-,15+,16+,17+,18-,20+,21+/m1/s1. The highest BCUT2D eigenvalue weighted by Crippen LogP contribution is 2.67. The molecule has 0 bridgehead atoms. The molecule has 0 aliphatic heterocycles. The van der Waals surface area contributed by atoms with Crippen molar-refractivity contribution in [2.45, 2.75) is 77.7 Å². The highest BCUT2D eigenvalue weighted by Gasteiger charge is 2.61. The summed E-state index contributed by atoms with van der Waals surface area (Å²) >= 11 is 0. The van der Waals surface area contributed by atoms with Crippen molar-refractivity contribution >= 4 is 25.2 Å². The summed E-state index contributed by atoms with van der Waals surface area (Å²) in [5.74, 6) is 2.47. The Morgan fingerprint density at radius 3 is 2.39 bits per heavy atom. The third-order valence-electron chi connectivity index (χ3n) is 9.38. The van der Waals surface area contributed by atoms with E-state index in [0.29, 0.717) is 39.4 Å². The van der Waals surface area contributed by atoms with Crippen molar-refractivity contribution in [3.8, 4) is 0 Å². The van der Waals surface area contributed by atoms with Crippen LogP contribution in [0, 0.1) is 40.4 Å². The topological polar surface area (TPSA) is 94.8 Å². The van der Waals surface area contributed by atoms with Crippen LogP contribution in [-0.2, 0) is 24.2 Å². The number of hydrogen-bond acceptors (Lipinski definition) is 3. The molecule has 4 aliphatic carbocycles. The van der Waals surface area contributed by atoms with Crippen molar-refractivity contribution in [3.63, 3.8) is 0 Å². The first-order valence-corrected chi connectivity index (χ1v) is 13.9. The molecule has 0 unspecified atom stereocenters. The van der Waals surface area contributed by atoms with Gasteiger partial charge in [0.05, 0.1) is 6.10 Å². The Labute approximate surface area is 172 Å². The van der Waals surface area contributed by atoms with Crippen LogP contribution in [-0.4, -0.2) is 36.1 Å². The van der Waals surface area contributed by atoms with E-state index in [1.165, 1.54) is 12.8 Å². The summed E-state index contributed by atoms with van der Waals surface area (Å²) in [6.07, 6.45) is 9.48. The highest BCUT2D eigenvalue weighted by molar-refractivity contribution is 8.34. The predicted molar refractivity (Wildman–Crippen MR) is 112 cm³/mol. The van der Waals surface area contributed by atoms with Gasteiger partial charge in [0.2, 0.25) is 5.75 Å². The number of carbonyl (C=O) groups is 1. The smallest absolute Gasteiger partial charge is 0.393 e. The fraction of sp³-hybridized carbons (Fsp3) is 0.952. The molecule has 8 atom stereocenters. The lowest BCUT2D eigenvalue weighted by Crippen LogP contribution is -2.54. The van der Waals surface area contributed by atoms with Crippen molar-refractivity contribution in [2.75, 3.05) is 5.75 Å². The molecule has 0 aromatic heterocycles. The lowest BCUT2D eigenvalue weighted by atomic mass is 9.44. The lowest BCUT2D eigenvalue weighted by Gasteiger charge is -2.60. The van der Waals surface area contributed by atoms with Gasteiger partial charge in [-0.25, -0.2) is 0 Å². The molecular weight excluding hydrogens is 396 g/mol. The Morgan fingerprint density at radius 2 is 1.68 bits per heavy atom. The quantitative estimate of drug-likeness (QED) is 0.591. The minimum Gasteiger partial charge on any atom is -0.393 e. The van der Waals surface area contributed by atoms with Crippen LogP contribution in [0.4, 0.5) is 0 Å². The second-order valence-electron chi connectivity index (χ2n) is 10.4. The molecule has 28 heavy (non-hydrogen) atoms. The van der Waals surface area contributed by atoms with Gasteiger partial charge in [-0.05, 0) is 92.3 Å². The van der Waals surface area contributed by atoms with Gasteiger partial charge < -0.3 is 5.11 Å². The molecule has 0 saturated heterocycles. The summed E-state index contributed by atoms with van der Waals surface area (Å²) < 4.78 is 29.3. The van der Waals surface area contributed by atoms with Crippen LogP contribution in [0.1, 0.15) is 71.6 Å². The summed E-state index contributed by atoms with van der Waals surface area (Å²) in [5.41, 5.74) is 0.322. The number of fused-ring (bicyclic) bond motifs is 5. The maximum atomic E-state index is 12.8. The number of rotatable bonds is 3. The third kappa shape index (κ3) is 3.49. The largest absolute Gasteiger partial charge is 0.430 e. The first kappa shape index (κ1) is 21.2. The van der Waals surface area contributed by atoms with Gasteiger partial charge in [0.1, 0.15) is 0 Å². The lowest BCUT2D eigenvalue weighted by molar-refractivity contribution is -0.138. The Kier molecular flexibility index (Phi) is 5.49. The molecule has 160 valence electrons. The summed E-state index contributed by atoms with van der Waals surface area (Å²) in [5, 5.41) is 10.2.